The van der Waals surface area contributed by atoms with Crippen molar-refractivity contribution in [3.63, 3.8) is 0 Å². The molecule has 2 aromatic rings. The predicted molar refractivity (Wildman–Crippen MR) is 101 cm³/mol. The summed E-state index contributed by atoms with van der Waals surface area (Å²) in [5.41, 5.74) is -6.19. The Balaban J connectivity index is 2.28. The lowest BCUT2D eigenvalue weighted by molar-refractivity contribution is -0.153. The maximum absolute atomic E-state index is 14.0. The highest BCUT2D eigenvalue weighted by molar-refractivity contribution is 5.84. The van der Waals surface area contributed by atoms with Gasteiger partial charge in [0.2, 0.25) is 0 Å². The molecule has 186 valence electrons. The first-order valence-corrected chi connectivity index (χ1v) is 9.91. The Bertz CT molecular complexity index is 1050. The number of benzene rings is 2. The maximum Gasteiger partial charge on any atom is 0.422 e. The van der Waals surface area contributed by atoms with Gasteiger partial charge in [-0.05, 0) is 48.2 Å². The number of ether oxygens (including phenoxy) is 1. The summed E-state index contributed by atoms with van der Waals surface area (Å²) in [5, 5.41) is 9.75. The van der Waals surface area contributed by atoms with E-state index in [4.69, 9.17) is 0 Å². The van der Waals surface area contributed by atoms with Crippen LogP contribution in [0.2, 0.25) is 0 Å². The van der Waals surface area contributed by atoms with E-state index in [-0.39, 0.29) is 18.4 Å². The topological polar surface area (TPSA) is 46.5 Å². The van der Waals surface area contributed by atoms with Crippen molar-refractivity contribution >= 4 is 5.97 Å². The summed E-state index contributed by atoms with van der Waals surface area (Å²) in [6, 6.07) is 3.71. The summed E-state index contributed by atoms with van der Waals surface area (Å²) < 4.78 is 124. The van der Waals surface area contributed by atoms with Crippen LogP contribution in [0.1, 0.15) is 42.4 Å². The molecular formula is C22H17F9O3. The first-order chi connectivity index (χ1) is 15.5. The zero-order valence-corrected chi connectivity index (χ0v) is 17.2. The molecular weight excluding hydrogens is 483 g/mol. The number of hydrogen-bond acceptors (Lipinski definition) is 2. The molecule has 0 aromatic heterocycles. The minimum Gasteiger partial charge on any atom is -0.483 e. The standard InChI is InChI=1S/C22H17F9O3/c23-20(24,25)11-34-16-10-14(19(18(32)33)7-1-2-8-19)9-15(22(29,30)31)17(16)12-3-5-13(6-4-12)21(26,27)28/h3-6,9-10H,1-2,7-8,11H2,(H,32,33). The van der Waals surface area contributed by atoms with Gasteiger partial charge in [0.15, 0.2) is 6.61 Å². The van der Waals surface area contributed by atoms with Gasteiger partial charge in [0.1, 0.15) is 5.75 Å². The second-order valence-electron chi connectivity index (χ2n) is 7.97. The monoisotopic (exact) mass is 500 g/mol. The molecule has 3 rings (SSSR count). The largest absolute Gasteiger partial charge is 0.483 e. The fraction of sp³-hybridized carbons (Fsp3) is 0.409. The highest BCUT2D eigenvalue weighted by atomic mass is 19.4. The third-order valence-electron chi connectivity index (χ3n) is 5.72. The van der Waals surface area contributed by atoms with Gasteiger partial charge in [-0.3, -0.25) is 4.79 Å². The van der Waals surface area contributed by atoms with Gasteiger partial charge in [0, 0.05) is 5.56 Å². The second kappa shape index (κ2) is 8.70. The first-order valence-electron chi connectivity index (χ1n) is 9.91. The van der Waals surface area contributed by atoms with E-state index < -0.39 is 64.5 Å². The molecule has 0 saturated heterocycles. The minimum atomic E-state index is -5.18. The number of carbonyl (C=O) groups is 1. The zero-order valence-electron chi connectivity index (χ0n) is 17.2. The lowest BCUT2D eigenvalue weighted by atomic mass is 9.77. The molecule has 0 atom stereocenters. The fourth-order valence-corrected chi connectivity index (χ4v) is 4.12. The quantitative estimate of drug-likeness (QED) is 0.441. The van der Waals surface area contributed by atoms with Crippen LogP contribution in [0, 0.1) is 0 Å². The van der Waals surface area contributed by atoms with Gasteiger partial charge >= 0.3 is 24.5 Å². The van der Waals surface area contributed by atoms with Crippen LogP contribution in [0.3, 0.4) is 0 Å². The molecule has 34 heavy (non-hydrogen) atoms. The molecule has 1 N–H and O–H groups in total. The Morgan fingerprint density at radius 2 is 1.44 bits per heavy atom. The van der Waals surface area contributed by atoms with Crippen LogP contribution in [0.5, 0.6) is 5.75 Å². The number of carboxylic acid groups (broad SMARTS) is 1. The Labute approximate surface area is 187 Å². The van der Waals surface area contributed by atoms with Crippen molar-refractivity contribution < 1.29 is 54.2 Å². The SMILES string of the molecule is O=C(O)C1(c2cc(OCC(F)(F)F)c(-c3ccc(C(F)(F)F)cc3)c(C(F)(F)F)c2)CCCC1. The van der Waals surface area contributed by atoms with Crippen LogP contribution in [-0.4, -0.2) is 23.9 Å². The highest BCUT2D eigenvalue weighted by Gasteiger charge is 2.46. The molecule has 1 saturated carbocycles. The van der Waals surface area contributed by atoms with Crippen molar-refractivity contribution in [3.05, 3.63) is 53.1 Å². The third kappa shape index (κ3) is 5.25. The van der Waals surface area contributed by atoms with Crippen molar-refractivity contribution in [1.29, 1.82) is 0 Å². The van der Waals surface area contributed by atoms with Gasteiger partial charge in [0.25, 0.3) is 0 Å². The van der Waals surface area contributed by atoms with Gasteiger partial charge in [0.05, 0.1) is 16.5 Å². The van der Waals surface area contributed by atoms with E-state index in [9.17, 15) is 49.4 Å². The summed E-state index contributed by atoms with van der Waals surface area (Å²) in [6.07, 6.45) is -14.2. The summed E-state index contributed by atoms with van der Waals surface area (Å²) in [6.45, 7) is -1.98. The summed E-state index contributed by atoms with van der Waals surface area (Å²) >= 11 is 0. The number of rotatable bonds is 5. The van der Waals surface area contributed by atoms with Crippen molar-refractivity contribution in [2.24, 2.45) is 0 Å². The smallest absolute Gasteiger partial charge is 0.422 e. The number of carboxylic acids is 1. The number of aliphatic carboxylic acids is 1. The van der Waals surface area contributed by atoms with Gasteiger partial charge in [-0.15, -0.1) is 0 Å². The lowest BCUT2D eigenvalue weighted by Gasteiger charge is -2.28. The van der Waals surface area contributed by atoms with Gasteiger partial charge in [-0.1, -0.05) is 25.0 Å². The van der Waals surface area contributed by atoms with Crippen LogP contribution in [0.15, 0.2) is 36.4 Å². The number of alkyl halides is 9. The van der Waals surface area contributed by atoms with E-state index in [1.54, 1.807) is 0 Å². The molecule has 0 aliphatic heterocycles. The molecule has 1 fully saturated rings. The fourth-order valence-electron chi connectivity index (χ4n) is 4.12. The molecule has 0 amide bonds. The molecule has 0 heterocycles. The van der Waals surface area contributed by atoms with Crippen molar-refractivity contribution in [2.45, 2.75) is 49.6 Å². The van der Waals surface area contributed by atoms with E-state index in [1.807, 2.05) is 0 Å². The third-order valence-corrected chi connectivity index (χ3v) is 5.72. The Hall–Kier alpha value is -2.92. The Kier molecular flexibility index (Phi) is 6.57. The molecule has 0 spiro atoms. The molecule has 0 radical (unpaired) electrons. The summed E-state index contributed by atoms with van der Waals surface area (Å²) in [5.74, 6) is -2.35. The molecule has 1 aliphatic rings. The van der Waals surface area contributed by atoms with E-state index in [0.29, 0.717) is 43.2 Å². The molecule has 12 heteroatoms. The highest BCUT2D eigenvalue weighted by Crippen LogP contribution is 2.49. The van der Waals surface area contributed by atoms with Gasteiger partial charge in [-0.25, -0.2) is 0 Å². The van der Waals surface area contributed by atoms with Gasteiger partial charge < -0.3 is 9.84 Å². The minimum absolute atomic E-state index is 0.0298. The predicted octanol–water partition coefficient (Wildman–Crippen LogP) is 7.23. The number of hydrogen-bond donors (Lipinski definition) is 1. The summed E-state index contributed by atoms with van der Waals surface area (Å²) in [4.78, 5) is 12.0. The summed E-state index contributed by atoms with van der Waals surface area (Å²) in [7, 11) is 0. The normalized spacial score (nSPS) is 16.5. The second-order valence-corrected chi connectivity index (χ2v) is 7.97. The van der Waals surface area contributed by atoms with E-state index in [1.165, 1.54) is 0 Å². The molecule has 0 unspecified atom stereocenters. The lowest BCUT2D eigenvalue weighted by Crippen LogP contribution is -2.33. The van der Waals surface area contributed by atoms with Crippen LogP contribution in [0.25, 0.3) is 11.1 Å². The van der Waals surface area contributed by atoms with Crippen molar-refractivity contribution in [3.8, 4) is 16.9 Å². The molecule has 3 nitrogen and oxygen atoms in total. The van der Waals surface area contributed by atoms with Crippen LogP contribution < -0.4 is 4.74 Å². The van der Waals surface area contributed by atoms with Crippen LogP contribution in [0.4, 0.5) is 39.5 Å². The van der Waals surface area contributed by atoms with Crippen molar-refractivity contribution in [2.75, 3.05) is 6.61 Å². The average molecular weight is 500 g/mol. The van der Waals surface area contributed by atoms with Crippen molar-refractivity contribution in [1.82, 2.24) is 0 Å². The number of halogens is 9. The average Bonchev–Trinajstić information content (AvgIpc) is 3.21. The van der Waals surface area contributed by atoms with Crippen LogP contribution in [-0.2, 0) is 22.6 Å². The van der Waals surface area contributed by atoms with Gasteiger partial charge in [-0.2, -0.15) is 39.5 Å². The molecule has 2 aromatic carbocycles. The Morgan fingerprint density at radius 1 is 0.882 bits per heavy atom. The van der Waals surface area contributed by atoms with E-state index in [0.717, 1.165) is 6.07 Å². The maximum atomic E-state index is 14.0. The van der Waals surface area contributed by atoms with Crippen LogP contribution >= 0.6 is 0 Å². The molecule has 1 aliphatic carbocycles. The Morgan fingerprint density at radius 3 is 1.88 bits per heavy atom. The van der Waals surface area contributed by atoms with E-state index >= 15 is 0 Å². The zero-order chi connectivity index (χ0) is 25.5. The molecule has 0 bridgehead atoms. The van der Waals surface area contributed by atoms with E-state index in [2.05, 4.69) is 4.74 Å². The first kappa shape index (κ1) is 25.7.